The van der Waals surface area contributed by atoms with Crippen LogP contribution in [0.15, 0.2) is 30.7 Å². The molecule has 0 aliphatic carbocycles. The zero-order valence-electron chi connectivity index (χ0n) is 13.5. The van der Waals surface area contributed by atoms with Crippen LogP contribution < -0.4 is 0 Å². The summed E-state index contributed by atoms with van der Waals surface area (Å²) in [7, 11) is 1.70. The molecular formula is C18H22N4O. The van der Waals surface area contributed by atoms with Crippen molar-refractivity contribution >= 4 is 0 Å². The predicted molar refractivity (Wildman–Crippen MR) is 86.9 cm³/mol. The molecule has 2 aliphatic heterocycles. The van der Waals surface area contributed by atoms with Crippen molar-refractivity contribution < 1.29 is 4.74 Å². The highest BCUT2D eigenvalue weighted by atomic mass is 16.5. The molecule has 4 heterocycles. The largest absolute Gasteiger partial charge is 0.384 e. The normalized spacial score (nSPS) is 23.0. The molecule has 2 aliphatic rings. The highest BCUT2D eigenvalue weighted by Crippen LogP contribution is 2.43. The minimum absolute atomic E-state index is 0.505. The molecule has 0 spiro atoms. The van der Waals surface area contributed by atoms with Gasteiger partial charge in [0.05, 0.1) is 6.61 Å². The number of fused-ring (bicyclic) bond motifs is 4. The van der Waals surface area contributed by atoms with Gasteiger partial charge in [-0.15, -0.1) is 0 Å². The first-order chi connectivity index (χ1) is 11.3. The van der Waals surface area contributed by atoms with Crippen LogP contribution in [0.1, 0.15) is 41.5 Å². The number of nitrogens with zero attached hydrogens (tertiary/aromatic N) is 4. The molecule has 0 amide bonds. The molecule has 0 aromatic carbocycles. The number of pyridine rings is 1. The minimum Gasteiger partial charge on any atom is -0.384 e. The van der Waals surface area contributed by atoms with Gasteiger partial charge in [-0.1, -0.05) is 6.07 Å². The minimum atomic E-state index is 0.505. The second-order valence-electron chi connectivity index (χ2n) is 6.41. The lowest BCUT2D eigenvalue weighted by Gasteiger charge is -2.35. The maximum atomic E-state index is 5.07. The molecule has 2 unspecified atom stereocenters. The van der Waals surface area contributed by atoms with Gasteiger partial charge in [-0.25, -0.2) is 9.97 Å². The fraction of sp³-hybridized carbons (Fsp3) is 0.500. The van der Waals surface area contributed by atoms with Gasteiger partial charge in [0.25, 0.3) is 0 Å². The first-order valence-corrected chi connectivity index (χ1v) is 8.33. The summed E-state index contributed by atoms with van der Waals surface area (Å²) in [4.78, 5) is 16.1. The smallest absolute Gasteiger partial charge is 0.130 e. The standard InChI is InChI=1S/C18H22N4O/c1-23-8-6-18-20-10-13(11-21-18)12-22-14-4-5-17(22)15-3-2-7-19-16(15)9-14/h2-3,7,10-11,14,17H,4-6,8-9,12H2,1H3. The zero-order chi connectivity index (χ0) is 15.6. The third-order valence-corrected chi connectivity index (χ3v) is 5.01. The fourth-order valence-electron chi connectivity index (χ4n) is 3.87. The Labute approximate surface area is 136 Å². The SMILES string of the molecule is COCCc1ncc(CN2C3CCC2c2cccnc2C3)cn1. The van der Waals surface area contributed by atoms with Gasteiger partial charge in [-0.2, -0.15) is 0 Å². The Kier molecular flexibility index (Phi) is 4.06. The van der Waals surface area contributed by atoms with E-state index in [2.05, 4.69) is 32.0 Å². The van der Waals surface area contributed by atoms with Crippen LogP contribution in [0.4, 0.5) is 0 Å². The Morgan fingerprint density at radius 1 is 1.22 bits per heavy atom. The summed E-state index contributed by atoms with van der Waals surface area (Å²) in [6.45, 7) is 1.59. The maximum absolute atomic E-state index is 5.07. The summed E-state index contributed by atoms with van der Waals surface area (Å²) >= 11 is 0. The predicted octanol–water partition coefficient (Wildman–Crippen LogP) is 2.32. The third-order valence-electron chi connectivity index (χ3n) is 5.01. The van der Waals surface area contributed by atoms with Crippen LogP contribution in [0.25, 0.3) is 0 Å². The first kappa shape index (κ1) is 14.7. The quantitative estimate of drug-likeness (QED) is 0.848. The van der Waals surface area contributed by atoms with Gasteiger partial charge in [-0.3, -0.25) is 9.88 Å². The topological polar surface area (TPSA) is 51.1 Å². The number of rotatable bonds is 5. The van der Waals surface area contributed by atoms with Gasteiger partial charge >= 0.3 is 0 Å². The molecular weight excluding hydrogens is 288 g/mol. The molecule has 5 heteroatoms. The lowest BCUT2D eigenvalue weighted by molar-refractivity contribution is 0.166. The van der Waals surface area contributed by atoms with E-state index in [1.807, 2.05) is 18.6 Å². The zero-order valence-corrected chi connectivity index (χ0v) is 13.5. The van der Waals surface area contributed by atoms with Crippen LogP contribution in [-0.4, -0.2) is 39.6 Å². The van der Waals surface area contributed by atoms with E-state index in [-0.39, 0.29) is 0 Å². The molecule has 0 N–H and O–H groups in total. The highest BCUT2D eigenvalue weighted by molar-refractivity contribution is 5.30. The number of aromatic nitrogens is 3. The Bertz CT molecular complexity index is 673. The van der Waals surface area contributed by atoms with Crippen LogP contribution in [0.5, 0.6) is 0 Å². The molecule has 2 aromatic heterocycles. The van der Waals surface area contributed by atoms with Crippen molar-refractivity contribution in [2.45, 2.75) is 44.3 Å². The van der Waals surface area contributed by atoms with E-state index in [0.29, 0.717) is 18.7 Å². The Morgan fingerprint density at radius 2 is 2.09 bits per heavy atom. The number of hydrogen-bond acceptors (Lipinski definition) is 5. The Morgan fingerprint density at radius 3 is 2.91 bits per heavy atom. The molecule has 1 saturated heterocycles. The number of ether oxygens (including phenoxy) is 1. The summed E-state index contributed by atoms with van der Waals surface area (Å²) in [5.74, 6) is 0.853. The van der Waals surface area contributed by atoms with Crippen molar-refractivity contribution in [1.82, 2.24) is 19.9 Å². The van der Waals surface area contributed by atoms with E-state index in [1.54, 1.807) is 7.11 Å². The van der Waals surface area contributed by atoms with E-state index >= 15 is 0 Å². The molecule has 5 nitrogen and oxygen atoms in total. The van der Waals surface area contributed by atoms with Gasteiger partial charge in [-0.05, 0) is 24.5 Å². The third kappa shape index (κ3) is 2.86. The van der Waals surface area contributed by atoms with E-state index in [1.165, 1.54) is 29.7 Å². The Hall–Kier alpha value is -1.85. The van der Waals surface area contributed by atoms with Crippen LogP contribution in [0, 0.1) is 0 Å². The molecule has 2 aromatic rings. The van der Waals surface area contributed by atoms with Crippen molar-refractivity contribution in [3.8, 4) is 0 Å². The Balaban J connectivity index is 1.49. The number of methoxy groups -OCH3 is 1. The summed E-state index contributed by atoms with van der Waals surface area (Å²) in [6, 6.07) is 5.41. The molecule has 23 heavy (non-hydrogen) atoms. The average molecular weight is 310 g/mol. The van der Waals surface area contributed by atoms with Crippen molar-refractivity contribution in [2.24, 2.45) is 0 Å². The molecule has 120 valence electrons. The highest BCUT2D eigenvalue weighted by Gasteiger charge is 2.40. The van der Waals surface area contributed by atoms with Crippen molar-refractivity contribution in [1.29, 1.82) is 0 Å². The lowest BCUT2D eigenvalue weighted by atomic mass is 9.97. The van der Waals surface area contributed by atoms with Crippen molar-refractivity contribution in [3.05, 3.63) is 53.4 Å². The molecule has 0 saturated carbocycles. The second kappa shape index (κ2) is 6.34. The summed E-state index contributed by atoms with van der Waals surface area (Å²) < 4.78 is 5.07. The fourth-order valence-corrected chi connectivity index (χ4v) is 3.87. The van der Waals surface area contributed by atoms with Crippen LogP contribution in [-0.2, 0) is 24.1 Å². The van der Waals surface area contributed by atoms with Crippen LogP contribution in [0.3, 0.4) is 0 Å². The van der Waals surface area contributed by atoms with E-state index < -0.39 is 0 Å². The van der Waals surface area contributed by atoms with Gasteiger partial charge in [0, 0.05) is 68.4 Å². The van der Waals surface area contributed by atoms with Crippen LogP contribution in [0.2, 0.25) is 0 Å². The van der Waals surface area contributed by atoms with Crippen molar-refractivity contribution in [2.75, 3.05) is 13.7 Å². The molecule has 2 bridgehead atoms. The molecule has 1 fully saturated rings. The monoisotopic (exact) mass is 310 g/mol. The average Bonchev–Trinajstić information content (AvgIpc) is 2.87. The van der Waals surface area contributed by atoms with Gasteiger partial charge in [0.15, 0.2) is 0 Å². The summed E-state index contributed by atoms with van der Waals surface area (Å²) in [6.07, 6.45) is 10.2. The first-order valence-electron chi connectivity index (χ1n) is 8.33. The second-order valence-corrected chi connectivity index (χ2v) is 6.41. The summed E-state index contributed by atoms with van der Waals surface area (Å²) in [5, 5.41) is 0. The van der Waals surface area contributed by atoms with E-state index in [0.717, 1.165) is 25.2 Å². The lowest BCUT2D eigenvalue weighted by Crippen LogP contribution is -2.37. The van der Waals surface area contributed by atoms with E-state index in [4.69, 9.17) is 4.74 Å². The van der Waals surface area contributed by atoms with E-state index in [9.17, 15) is 0 Å². The molecule has 4 rings (SSSR count). The van der Waals surface area contributed by atoms with Gasteiger partial charge in [0.2, 0.25) is 0 Å². The molecule has 0 radical (unpaired) electrons. The molecule has 2 atom stereocenters. The van der Waals surface area contributed by atoms with Crippen LogP contribution >= 0.6 is 0 Å². The summed E-state index contributed by atoms with van der Waals surface area (Å²) in [5.41, 5.74) is 3.90. The van der Waals surface area contributed by atoms with Crippen molar-refractivity contribution in [3.63, 3.8) is 0 Å². The number of hydrogen-bond donors (Lipinski definition) is 0. The van der Waals surface area contributed by atoms with Gasteiger partial charge in [0.1, 0.15) is 5.82 Å². The van der Waals surface area contributed by atoms with Gasteiger partial charge < -0.3 is 4.74 Å². The maximum Gasteiger partial charge on any atom is 0.130 e.